The van der Waals surface area contributed by atoms with Crippen LogP contribution in [-0.2, 0) is 0 Å². The third-order valence-corrected chi connectivity index (χ3v) is 3.65. The first kappa shape index (κ1) is 10.6. The molecule has 0 aromatic heterocycles. The van der Waals surface area contributed by atoms with Crippen LogP contribution in [0.1, 0.15) is 15.9 Å². The molecular weight excluding hydrogens is 252 g/mol. The van der Waals surface area contributed by atoms with Gasteiger partial charge in [0.25, 0.3) is 0 Å². The molecule has 0 amide bonds. The fraction of sp³-hybridized carbons (Fsp3) is 0.222. The number of carboxylic acid groups (broad SMARTS) is 1. The van der Waals surface area contributed by atoms with Gasteiger partial charge in [0.05, 0.1) is 5.56 Å². The lowest BCUT2D eigenvalue weighted by Gasteiger charge is -2.07. The Morgan fingerprint density at radius 1 is 1.54 bits per heavy atom. The van der Waals surface area contributed by atoms with Gasteiger partial charge in [0.2, 0.25) is 0 Å². The standard InChI is InChI=1S/C9H9BrO2S/c1-5-6(9(11)12)3-4-7(10)8(5)13-2/h3-4H,1-2H3,(H,11,12). The molecule has 0 spiro atoms. The number of benzene rings is 1. The number of aromatic carboxylic acids is 1. The van der Waals surface area contributed by atoms with Crippen molar-refractivity contribution in [2.45, 2.75) is 11.8 Å². The molecule has 0 heterocycles. The van der Waals surface area contributed by atoms with Gasteiger partial charge in [0.1, 0.15) is 0 Å². The Morgan fingerprint density at radius 3 is 2.62 bits per heavy atom. The SMILES string of the molecule is CSc1c(Br)ccc(C(=O)O)c1C. The molecule has 0 atom stereocenters. The van der Waals surface area contributed by atoms with Crippen molar-refractivity contribution in [1.29, 1.82) is 0 Å². The summed E-state index contributed by atoms with van der Waals surface area (Å²) in [6.07, 6.45) is 1.93. The van der Waals surface area contributed by atoms with Crippen LogP contribution >= 0.6 is 27.7 Å². The molecule has 0 bridgehead atoms. The number of thioether (sulfide) groups is 1. The lowest BCUT2D eigenvalue weighted by atomic mass is 10.1. The normalized spacial score (nSPS) is 10.1. The maximum atomic E-state index is 10.8. The minimum Gasteiger partial charge on any atom is -0.478 e. The summed E-state index contributed by atoms with van der Waals surface area (Å²) >= 11 is 4.92. The molecule has 13 heavy (non-hydrogen) atoms. The van der Waals surface area contributed by atoms with Gasteiger partial charge in [0, 0.05) is 9.37 Å². The molecular formula is C9H9BrO2S. The van der Waals surface area contributed by atoms with E-state index >= 15 is 0 Å². The van der Waals surface area contributed by atoms with Gasteiger partial charge in [-0.25, -0.2) is 4.79 Å². The van der Waals surface area contributed by atoms with Crippen molar-refractivity contribution in [3.05, 3.63) is 27.7 Å². The van der Waals surface area contributed by atoms with E-state index in [2.05, 4.69) is 15.9 Å². The van der Waals surface area contributed by atoms with Gasteiger partial charge >= 0.3 is 5.97 Å². The summed E-state index contributed by atoms with van der Waals surface area (Å²) in [6, 6.07) is 3.38. The highest BCUT2D eigenvalue weighted by Gasteiger charge is 2.11. The Morgan fingerprint density at radius 2 is 2.15 bits per heavy atom. The number of carboxylic acids is 1. The lowest BCUT2D eigenvalue weighted by Crippen LogP contribution is -2.00. The molecule has 1 N–H and O–H groups in total. The summed E-state index contributed by atoms with van der Waals surface area (Å²) in [4.78, 5) is 11.8. The van der Waals surface area contributed by atoms with Gasteiger partial charge in [-0.2, -0.15) is 0 Å². The third-order valence-electron chi connectivity index (χ3n) is 1.79. The van der Waals surface area contributed by atoms with Crippen molar-refractivity contribution < 1.29 is 9.90 Å². The van der Waals surface area contributed by atoms with Crippen LogP contribution in [0.5, 0.6) is 0 Å². The van der Waals surface area contributed by atoms with E-state index in [0.29, 0.717) is 5.56 Å². The molecule has 1 aromatic rings. The number of halogens is 1. The van der Waals surface area contributed by atoms with Crippen LogP contribution in [0.25, 0.3) is 0 Å². The minimum absolute atomic E-state index is 0.368. The molecule has 0 aliphatic heterocycles. The summed E-state index contributed by atoms with van der Waals surface area (Å²) in [6.45, 7) is 1.82. The zero-order chi connectivity index (χ0) is 10.0. The Bertz CT molecular complexity index is 350. The van der Waals surface area contributed by atoms with Crippen LogP contribution in [-0.4, -0.2) is 17.3 Å². The molecule has 1 aromatic carbocycles. The molecule has 0 unspecified atom stereocenters. The lowest BCUT2D eigenvalue weighted by molar-refractivity contribution is 0.0696. The van der Waals surface area contributed by atoms with Crippen molar-refractivity contribution in [2.75, 3.05) is 6.26 Å². The van der Waals surface area contributed by atoms with Crippen molar-refractivity contribution in [3.63, 3.8) is 0 Å². The zero-order valence-electron chi connectivity index (χ0n) is 7.30. The van der Waals surface area contributed by atoms with Crippen LogP contribution in [0.4, 0.5) is 0 Å². The van der Waals surface area contributed by atoms with E-state index < -0.39 is 5.97 Å². The molecule has 0 aliphatic carbocycles. The van der Waals surface area contributed by atoms with Gasteiger partial charge in [-0.3, -0.25) is 0 Å². The quantitative estimate of drug-likeness (QED) is 0.831. The molecule has 0 fully saturated rings. The second kappa shape index (κ2) is 4.15. The second-order valence-electron chi connectivity index (χ2n) is 2.56. The molecule has 70 valence electrons. The zero-order valence-corrected chi connectivity index (χ0v) is 9.70. The van der Waals surface area contributed by atoms with E-state index in [4.69, 9.17) is 5.11 Å². The monoisotopic (exact) mass is 260 g/mol. The first-order valence-corrected chi connectivity index (χ1v) is 5.66. The number of carbonyl (C=O) groups is 1. The molecule has 1 rings (SSSR count). The van der Waals surface area contributed by atoms with Gasteiger partial charge in [-0.1, -0.05) is 0 Å². The topological polar surface area (TPSA) is 37.3 Å². The summed E-state index contributed by atoms with van der Waals surface area (Å²) < 4.78 is 0.947. The number of rotatable bonds is 2. The second-order valence-corrected chi connectivity index (χ2v) is 4.23. The average molecular weight is 261 g/mol. The Hall–Kier alpha value is -0.480. The maximum Gasteiger partial charge on any atom is 0.335 e. The molecule has 4 heteroatoms. The van der Waals surface area contributed by atoms with E-state index in [0.717, 1.165) is 14.9 Å². The number of hydrogen-bond donors (Lipinski definition) is 1. The first-order chi connectivity index (χ1) is 6.07. The van der Waals surface area contributed by atoms with Crippen LogP contribution in [0.2, 0.25) is 0 Å². The van der Waals surface area contributed by atoms with Crippen LogP contribution in [0, 0.1) is 6.92 Å². The molecule has 0 saturated carbocycles. The Balaban J connectivity index is 3.35. The smallest absolute Gasteiger partial charge is 0.335 e. The Kier molecular flexibility index (Phi) is 3.39. The third kappa shape index (κ3) is 2.06. The minimum atomic E-state index is -0.875. The molecule has 2 nitrogen and oxygen atoms in total. The van der Waals surface area contributed by atoms with Crippen molar-refractivity contribution >= 4 is 33.7 Å². The number of hydrogen-bond acceptors (Lipinski definition) is 2. The van der Waals surface area contributed by atoms with Gasteiger partial charge in [-0.05, 0) is 46.8 Å². The summed E-state index contributed by atoms with van der Waals surface area (Å²) in [5, 5.41) is 8.85. The molecule has 0 radical (unpaired) electrons. The average Bonchev–Trinajstić information content (AvgIpc) is 2.04. The Labute approximate surface area is 89.5 Å². The molecule has 0 saturated heterocycles. The van der Waals surface area contributed by atoms with E-state index in [1.807, 2.05) is 13.2 Å². The van der Waals surface area contributed by atoms with Crippen LogP contribution < -0.4 is 0 Å². The van der Waals surface area contributed by atoms with Crippen molar-refractivity contribution in [1.82, 2.24) is 0 Å². The fourth-order valence-electron chi connectivity index (χ4n) is 1.14. The fourth-order valence-corrected chi connectivity index (χ4v) is 2.74. The van der Waals surface area contributed by atoms with Crippen LogP contribution in [0.15, 0.2) is 21.5 Å². The maximum absolute atomic E-state index is 10.8. The van der Waals surface area contributed by atoms with Crippen molar-refractivity contribution in [2.24, 2.45) is 0 Å². The summed E-state index contributed by atoms with van der Waals surface area (Å²) in [5.41, 5.74) is 1.18. The van der Waals surface area contributed by atoms with E-state index in [-0.39, 0.29) is 0 Å². The van der Waals surface area contributed by atoms with Gasteiger partial charge in [-0.15, -0.1) is 11.8 Å². The van der Waals surface area contributed by atoms with E-state index in [1.54, 1.807) is 23.9 Å². The first-order valence-electron chi connectivity index (χ1n) is 3.64. The highest BCUT2D eigenvalue weighted by molar-refractivity contribution is 9.10. The summed E-state index contributed by atoms with van der Waals surface area (Å²) in [5.74, 6) is -0.875. The summed E-state index contributed by atoms with van der Waals surface area (Å²) in [7, 11) is 0. The van der Waals surface area contributed by atoms with E-state index in [9.17, 15) is 4.79 Å². The van der Waals surface area contributed by atoms with Gasteiger partial charge in [0.15, 0.2) is 0 Å². The molecule has 0 aliphatic rings. The highest BCUT2D eigenvalue weighted by atomic mass is 79.9. The largest absolute Gasteiger partial charge is 0.478 e. The predicted octanol–water partition coefficient (Wildman–Crippen LogP) is 3.18. The highest BCUT2D eigenvalue weighted by Crippen LogP contribution is 2.30. The van der Waals surface area contributed by atoms with Crippen LogP contribution in [0.3, 0.4) is 0 Å². The predicted molar refractivity (Wildman–Crippen MR) is 57.6 cm³/mol. The van der Waals surface area contributed by atoms with Crippen molar-refractivity contribution in [3.8, 4) is 0 Å². The van der Waals surface area contributed by atoms with Gasteiger partial charge < -0.3 is 5.11 Å². The van der Waals surface area contributed by atoms with E-state index in [1.165, 1.54) is 0 Å².